The van der Waals surface area contributed by atoms with Crippen LogP contribution in [0.1, 0.15) is 11.1 Å². The van der Waals surface area contributed by atoms with Crippen LogP contribution in [0.5, 0.6) is 17.2 Å². The van der Waals surface area contributed by atoms with E-state index >= 15 is 0 Å². The number of halogens is 2. The first-order valence-corrected chi connectivity index (χ1v) is 8.43. The molecule has 0 saturated carbocycles. The molecule has 0 aromatic heterocycles. The maximum Gasteiger partial charge on any atom is 0.387 e. The monoisotopic (exact) mass is 389 g/mol. The fraction of sp³-hybridized carbons (Fsp3) is 0.190. The molecule has 0 aliphatic carbocycles. The molecular weight excluding hydrogens is 368 g/mol. The van der Waals surface area contributed by atoms with Crippen molar-refractivity contribution in [2.75, 3.05) is 13.7 Å². The minimum Gasteiger partial charge on any atom is -0.493 e. The average molecular weight is 389 g/mol. The van der Waals surface area contributed by atoms with Gasteiger partial charge in [0.1, 0.15) is 12.4 Å². The highest BCUT2D eigenvalue weighted by Crippen LogP contribution is 2.28. The second-order valence-corrected chi connectivity index (χ2v) is 5.58. The van der Waals surface area contributed by atoms with E-state index in [9.17, 15) is 13.6 Å². The van der Waals surface area contributed by atoms with Gasteiger partial charge in [-0.25, -0.2) is 0 Å². The molecule has 28 heavy (non-hydrogen) atoms. The van der Waals surface area contributed by atoms with Gasteiger partial charge in [-0.2, -0.15) is 8.78 Å². The summed E-state index contributed by atoms with van der Waals surface area (Å²) in [5.41, 5.74) is 1.53. The molecule has 0 spiro atoms. The zero-order valence-corrected chi connectivity index (χ0v) is 15.4. The molecule has 1 N–H and O–H groups in total. The lowest BCUT2D eigenvalue weighted by molar-refractivity contribution is -0.116. The van der Waals surface area contributed by atoms with Crippen LogP contribution in [0.3, 0.4) is 0 Å². The number of rotatable bonds is 10. The Balaban J connectivity index is 1.90. The second-order valence-electron chi connectivity index (χ2n) is 5.58. The van der Waals surface area contributed by atoms with Gasteiger partial charge in [0, 0.05) is 12.6 Å². The van der Waals surface area contributed by atoms with Crippen LogP contribution in [0.15, 0.2) is 61.2 Å². The molecular formula is C21H21F2NO4. The number of hydrogen-bond acceptors (Lipinski definition) is 4. The van der Waals surface area contributed by atoms with E-state index in [0.29, 0.717) is 18.1 Å². The van der Waals surface area contributed by atoms with E-state index < -0.39 is 6.61 Å². The quantitative estimate of drug-likeness (QED) is 0.489. The maximum atomic E-state index is 12.1. The smallest absolute Gasteiger partial charge is 0.387 e. The first-order chi connectivity index (χ1) is 13.5. The summed E-state index contributed by atoms with van der Waals surface area (Å²) in [4.78, 5) is 12.0. The van der Waals surface area contributed by atoms with Gasteiger partial charge in [-0.1, -0.05) is 30.9 Å². The van der Waals surface area contributed by atoms with Crippen molar-refractivity contribution in [1.29, 1.82) is 0 Å². The molecule has 2 rings (SSSR count). The number of benzene rings is 2. The van der Waals surface area contributed by atoms with Crippen LogP contribution in [0, 0.1) is 0 Å². The van der Waals surface area contributed by atoms with Crippen LogP contribution < -0.4 is 19.5 Å². The van der Waals surface area contributed by atoms with Crippen molar-refractivity contribution < 1.29 is 27.8 Å². The van der Waals surface area contributed by atoms with E-state index in [1.54, 1.807) is 42.5 Å². The van der Waals surface area contributed by atoms with Crippen molar-refractivity contribution in [2.45, 2.75) is 13.2 Å². The van der Waals surface area contributed by atoms with E-state index in [2.05, 4.69) is 16.6 Å². The van der Waals surface area contributed by atoms with Crippen LogP contribution in [0.4, 0.5) is 8.78 Å². The molecule has 0 aliphatic rings. The minimum absolute atomic E-state index is 0.0689. The summed E-state index contributed by atoms with van der Waals surface area (Å²) < 4.78 is 39.3. The van der Waals surface area contributed by atoms with Crippen molar-refractivity contribution in [3.8, 4) is 17.2 Å². The Morgan fingerprint density at radius 1 is 1.18 bits per heavy atom. The summed E-state index contributed by atoms with van der Waals surface area (Å²) in [6.07, 6.45) is 4.68. The zero-order valence-electron chi connectivity index (χ0n) is 15.4. The van der Waals surface area contributed by atoms with Crippen LogP contribution in [-0.4, -0.2) is 26.2 Å². The highest BCUT2D eigenvalue weighted by molar-refractivity contribution is 5.91. The molecule has 0 bridgehead atoms. The number of ether oxygens (including phenoxy) is 3. The topological polar surface area (TPSA) is 56.8 Å². The Morgan fingerprint density at radius 2 is 1.93 bits per heavy atom. The van der Waals surface area contributed by atoms with Crippen LogP contribution >= 0.6 is 0 Å². The van der Waals surface area contributed by atoms with E-state index in [0.717, 1.165) is 11.1 Å². The van der Waals surface area contributed by atoms with E-state index in [-0.39, 0.29) is 18.2 Å². The van der Waals surface area contributed by atoms with Crippen molar-refractivity contribution in [3.05, 3.63) is 72.3 Å². The Kier molecular flexibility index (Phi) is 8.02. The van der Waals surface area contributed by atoms with E-state index in [1.807, 2.05) is 0 Å². The highest BCUT2D eigenvalue weighted by atomic mass is 19.3. The fourth-order valence-corrected chi connectivity index (χ4v) is 2.26. The third-order valence-corrected chi connectivity index (χ3v) is 3.59. The van der Waals surface area contributed by atoms with Gasteiger partial charge in [0.2, 0.25) is 5.91 Å². The number of carbonyl (C=O) groups excluding carboxylic acids is 1. The molecule has 7 heteroatoms. The molecule has 2 aromatic rings. The Morgan fingerprint density at radius 3 is 2.57 bits per heavy atom. The van der Waals surface area contributed by atoms with E-state index in [4.69, 9.17) is 9.47 Å². The molecule has 0 atom stereocenters. The summed E-state index contributed by atoms with van der Waals surface area (Å²) in [6, 6.07) is 11.4. The van der Waals surface area contributed by atoms with Gasteiger partial charge in [-0.3, -0.25) is 4.79 Å². The largest absolute Gasteiger partial charge is 0.493 e. The number of carbonyl (C=O) groups is 1. The fourth-order valence-electron chi connectivity index (χ4n) is 2.26. The summed E-state index contributed by atoms with van der Waals surface area (Å²) in [5, 5.41) is 2.72. The third kappa shape index (κ3) is 6.75. The van der Waals surface area contributed by atoms with Crippen molar-refractivity contribution >= 4 is 12.0 Å². The summed E-state index contributed by atoms with van der Waals surface area (Å²) >= 11 is 0. The first kappa shape index (κ1) is 21.0. The molecule has 148 valence electrons. The normalized spacial score (nSPS) is 10.7. The van der Waals surface area contributed by atoms with Crippen LogP contribution in [0.25, 0.3) is 6.08 Å². The average Bonchev–Trinajstić information content (AvgIpc) is 2.70. The number of hydrogen-bond donors (Lipinski definition) is 1. The SMILES string of the molecule is C=CCOc1ccc(/C=C/C(=O)NCc2ccc(OC(F)F)cc2)cc1OC. The van der Waals surface area contributed by atoms with Gasteiger partial charge in [-0.15, -0.1) is 0 Å². The zero-order chi connectivity index (χ0) is 20.4. The Bertz CT molecular complexity index is 820. The van der Waals surface area contributed by atoms with Gasteiger partial charge >= 0.3 is 6.61 Å². The molecule has 0 aliphatic heterocycles. The standard InChI is InChI=1S/C21H21F2NO4/c1-3-12-27-18-10-6-15(13-19(18)26-2)7-11-20(25)24-14-16-4-8-17(9-5-16)28-21(22)23/h3-11,13,21H,1,12,14H2,2H3,(H,24,25)/b11-7+. The number of alkyl halides is 2. The van der Waals surface area contributed by atoms with Gasteiger partial charge in [0.05, 0.1) is 7.11 Å². The molecule has 0 heterocycles. The predicted octanol–water partition coefficient (Wildman–Crippen LogP) is 4.19. The molecule has 0 radical (unpaired) electrons. The van der Waals surface area contributed by atoms with Crippen molar-refractivity contribution in [3.63, 3.8) is 0 Å². The highest BCUT2D eigenvalue weighted by Gasteiger charge is 2.05. The van der Waals surface area contributed by atoms with Crippen LogP contribution in [-0.2, 0) is 11.3 Å². The number of nitrogens with one attached hydrogen (secondary N) is 1. The molecule has 0 fully saturated rings. The van der Waals surface area contributed by atoms with Gasteiger partial charge in [-0.05, 0) is 41.5 Å². The molecule has 2 aromatic carbocycles. The summed E-state index contributed by atoms with van der Waals surface area (Å²) in [5.74, 6) is 0.914. The minimum atomic E-state index is -2.86. The lowest BCUT2D eigenvalue weighted by atomic mass is 10.2. The number of methoxy groups -OCH3 is 1. The molecule has 0 unspecified atom stereocenters. The number of amides is 1. The van der Waals surface area contributed by atoms with Crippen molar-refractivity contribution in [2.24, 2.45) is 0 Å². The molecule has 0 saturated heterocycles. The van der Waals surface area contributed by atoms with Gasteiger partial charge < -0.3 is 19.5 Å². The van der Waals surface area contributed by atoms with Gasteiger partial charge in [0.25, 0.3) is 0 Å². The molecule has 1 amide bonds. The molecule has 5 nitrogen and oxygen atoms in total. The Labute approximate surface area is 162 Å². The third-order valence-electron chi connectivity index (χ3n) is 3.59. The van der Waals surface area contributed by atoms with Crippen molar-refractivity contribution in [1.82, 2.24) is 5.32 Å². The van der Waals surface area contributed by atoms with Gasteiger partial charge in [0.15, 0.2) is 11.5 Å². The summed E-state index contributed by atoms with van der Waals surface area (Å²) in [6.45, 7) is 1.35. The second kappa shape index (κ2) is 10.7. The predicted molar refractivity (Wildman–Crippen MR) is 103 cm³/mol. The lowest BCUT2D eigenvalue weighted by Gasteiger charge is -2.09. The Hall–Kier alpha value is -3.35. The lowest BCUT2D eigenvalue weighted by Crippen LogP contribution is -2.20. The maximum absolute atomic E-state index is 12.1. The summed E-state index contributed by atoms with van der Waals surface area (Å²) in [7, 11) is 1.54. The van der Waals surface area contributed by atoms with E-state index in [1.165, 1.54) is 25.3 Å². The first-order valence-electron chi connectivity index (χ1n) is 8.43. The van der Waals surface area contributed by atoms with Crippen LogP contribution in [0.2, 0.25) is 0 Å².